The molecule has 2 fully saturated rings. The molecule has 0 spiro atoms. The highest BCUT2D eigenvalue weighted by atomic mass is 16.4. The molecule has 0 saturated heterocycles. The average Bonchev–Trinajstić information content (AvgIpc) is 2.35. The van der Waals surface area contributed by atoms with E-state index < -0.39 is 5.97 Å². The van der Waals surface area contributed by atoms with Crippen molar-refractivity contribution in [3.63, 3.8) is 0 Å². The number of hydrogen-bond donors (Lipinski definition) is 1. The van der Waals surface area contributed by atoms with E-state index in [4.69, 9.17) is 5.11 Å². The monoisotopic (exact) mass is 304 g/mol. The van der Waals surface area contributed by atoms with Crippen LogP contribution in [0, 0.1) is 22.7 Å². The van der Waals surface area contributed by atoms with Gasteiger partial charge >= 0.3 is 5.97 Å². The molecule has 3 atom stereocenters. The Balaban J connectivity index is 2.21. The summed E-state index contributed by atoms with van der Waals surface area (Å²) in [6, 6.07) is 0. The summed E-state index contributed by atoms with van der Waals surface area (Å²) in [6.45, 7) is 13.6. The molecule has 0 aromatic carbocycles. The largest absolute Gasteiger partial charge is 0.481 e. The topological polar surface area (TPSA) is 37.3 Å². The van der Waals surface area contributed by atoms with Crippen molar-refractivity contribution in [3.8, 4) is 0 Å². The number of carboxylic acids is 1. The van der Waals surface area contributed by atoms with E-state index >= 15 is 0 Å². The summed E-state index contributed by atoms with van der Waals surface area (Å²) in [5, 5.41) is 8.92. The van der Waals surface area contributed by atoms with E-state index in [1.807, 2.05) is 6.92 Å². The highest BCUT2D eigenvalue weighted by Gasteiger charge is 2.52. The predicted molar refractivity (Wildman–Crippen MR) is 91.7 cm³/mol. The molecule has 22 heavy (non-hydrogen) atoms. The van der Waals surface area contributed by atoms with E-state index in [1.54, 1.807) is 0 Å². The minimum absolute atomic E-state index is 0.158. The minimum Gasteiger partial charge on any atom is -0.481 e. The molecule has 2 aliphatic carbocycles. The third-order valence-corrected chi connectivity index (χ3v) is 6.45. The number of carbonyl (C=O) groups is 1. The molecule has 0 aromatic heterocycles. The molecule has 2 aliphatic rings. The van der Waals surface area contributed by atoms with E-state index in [9.17, 15) is 4.79 Å². The van der Waals surface area contributed by atoms with Crippen LogP contribution in [0.4, 0.5) is 0 Å². The van der Waals surface area contributed by atoms with Crippen molar-refractivity contribution in [2.24, 2.45) is 22.7 Å². The van der Waals surface area contributed by atoms with Crippen molar-refractivity contribution in [2.45, 2.75) is 72.6 Å². The molecule has 2 saturated carbocycles. The Bertz CT molecular complexity index is 486. The van der Waals surface area contributed by atoms with Crippen molar-refractivity contribution in [3.05, 3.63) is 23.8 Å². The standard InChI is InChI=1S/C20H32O2/c1-14(13-18(21)22)7-9-16-15(2)8-10-17-19(3,4)11-6-12-20(16,17)5/h7,16-17H,2,6,8-13H2,1,3-5H3,(H,21,22)/b14-7-/t16-,17-,20-/m0/s1. The van der Waals surface area contributed by atoms with Gasteiger partial charge in [-0.25, -0.2) is 0 Å². The first-order valence-electron chi connectivity index (χ1n) is 8.72. The normalized spacial score (nSPS) is 35.1. The van der Waals surface area contributed by atoms with Gasteiger partial charge in [-0.1, -0.05) is 51.0 Å². The quantitative estimate of drug-likeness (QED) is 0.687. The maximum absolute atomic E-state index is 10.8. The smallest absolute Gasteiger partial charge is 0.307 e. The maximum atomic E-state index is 10.8. The SMILES string of the molecule is C=C1CC[C@H]2C(C)(C)CCC[C@@]2(C)[C@H]1C/C=C(/C)CC(=O)O. The van der Waals surface area contributed by atoms with E-state index in [0.717, 1.165) is 24.3 Å². The lowest BCUT2D eigenvalue weighted by Crippen LogP contribution is -2.49. The fourth-order valence-electron chi connectivity index (χ4n) is 5.34. The van der Waals surface area contributed by atoms with E-state index in [0.29, 0.717) is 16.7 Å². The average molecular weight is 304 g/mol. The molecule has 0 amide bonds. The van der Waals surface area contributed by atoms with Crippen LogP contribution in [-0.2, 0) is 4.79 Å². The second kappa shape index (κ2) is 6.22. The number of allylic oxidation sites excluding steroid dienone is 2. The Morgan fingerprint density at radius 1 is 1.36 bits per heavy atom. The number of carboxylic acid groups (broad SMARTS) is 1. The van der Waals surface area contributed by atoms with Gasteiger partial charge in [-0.2, -0.15) is 0 Å². The van der Waals surface area contributed by atoms with Crippen LogP contribution < -0.4 is 0 Å². The van der Waals surface area contributed by atoms with Crippen LogP contribution in [0.1, 0.15) is 72.6 Å². The van der Waals surface area contributed by atoms with Crippen molar-refractivity contribution in [2.75, 3.05) is 0 Å². The molecule has 0 heterocycles. The Hall–Kier alpha value is -1.05. The van der Waals surface area contributed by atoms with Gasteiger partial charge < -0.3 is 5.11 Å². The first kappa shape index (κ1) is 17.3. The summed E-state index contributed by atoms with van der Waals surface area (Å²) in [7, 11) is 0. The molecule has 1 N–H and O–H groups in total. The highest BCUT2D eigenvalue weighted by molar-refractivity contribution is 5.69. The van der Waals surface area contributed by atoms with Crippen LogP contribution in [-0.4, -0.2) is 11.1 Å². The van der Waals surface area contributed by atoms with Gasteiger partial charge in [0.2, 0.25) is 0 Å². The number of fused-ring (bicyclic) bond motifs is 1. The zero-order valence-corrected chi connectivity index (χ0v) is 14.7. The molecule has 2 nitrogen and oxygen atoms in total. The zero-order chi connectivity index (χ0) is 16.5. The van der Waals surface area contributed by atoms with Gasteiger partial charge in [-0.3, -0.25) is 4.79 Å². The van der Waals surface area contributed by atoms with Gasteiger partial charge in [0.25, 0.3) is 0 Å². The van der Waals surface area contributed by atoms with Gasteiger partial charge in [-0.05, 0) is 61.7 Å². The van der Waals surface area contributed by atoms with Crippen molar-refractivity contribution in [1.82, 2.24) is 0 Å². The summed E-state index contributed by atoms with van der Waals surface area (Å²) in [6.07, 6.45) is 9.61. The lowest BCUT2D eigenvalue weighted by molar-refractivity contribution is -0.136. The number of aliphatic carboxylic acids is 1. The van der Waals surface area contributed by atoms with E-state index in [1.165, 1.54) is 31.3 Å². The second-order valence-corrected chi connectivity index (χ2v) is 8.51. The molecule has 0 radical (unpaired) electrons. The summed E-state index contributed by atoms with van der Waals surface area (Å²) < 4.78 is 0. The Kier molecular flexibility index (Phi) is 4.89. The van der Waals surface area contributed by atoms with Gasteiger partial charge in [0.15, 0.2) is 0 Å². The number of rotatable bonds is 4. The molecule has 0 aliphatic heterocycles. The second-order valence-electron chi connectivity index (χ2n) is 8.51. The summed E-state index contributed by atoms with van der Waals surface area (Å²) >= 11 is 0. The lowest BCUT2D eigenvalue weighted by atomic mass is 9.47. The summed E-state index contributed by atoms with van der Waals surface area (Å²) in [4.78, 5) is 10.8. The third kappa shape index (κ3) is 3.31. The van der Waals surface area contributed by atoms with Crippen molar-refractivity contribution < 1.29 is 9.90 Å². The Morgan fingerprint density at radius 2 is 2.05 bits per heavy atom. The van der Waals surface area contributed by atoms with Crippen LogP contribution in [0.2, 0.25) is 0 Å². The van der Waals surface area contributed by atoms with Crippen LogP contribution >= 0.6 is 0 Å². The lowest BCUT2D eigenvalue weighted by Gasteiger charge is -2.58. The molecule has 0 bridgehead atoms. The first-order valence-corrected chi connectivity index (χ1v) is 8.72. The third-order valence-electron chi connectivity index (χ3n) is 6.45. The summed E-state index contributed by atoms with van der Waals surface area (Å²) in [5.74, 6) is 0.533. The molecule has 124 valence electrons. The van der Waals surface area contributed by atoms with E-state index in [-0.39, 0.29) is 6.42 Å². The first-order chi connectivity index (χ1) is 10.2. The molecule has 2 rings (SSSR count). The van der Waals surface area contributed by atoms with Crippen LogP contribution in [0.5, 0.6) is 0 Å². The van der Waals surface area contributed by atoms with Gasteiger partial charge in [0, 0.05) is 0 Å². The zero-order valence-electron chi connectivity index (χ0n) is 14.7. The molecule has 0 unspecified atom stereocenters. The van der Waals surface area contributed by atoms with Crippen LogP contribution in [0.3, 0.4) is 0 Å². The van der Waals surface area contributed by atoms with Gasteiger partial charge in [0.1, 0.15) is 0 Å². The molecular formula is C20H32O2. The van der Waals surface area contributed by atoms with Crippen molar-refractivity contribution >= 4 is 5.97 Å². The highest BCUT2D eigenvalue weighted by Crippen LogP contribution is 2.61. The van der Waals surface area contributed by atoms with Crippen molar-refractivity contribution in [1.29, 1.82) is 0 Å². The van der Waals surface area contributed by atoms with E-state index in [2.05, 4.69) is 33.4 Å². The molecular weight excluding hydrogens is 272 g/mol. The fraction of sp³-hybridized carbons (Fsp3) is 0.750. The minimum atomic E-state index is -0.737. The summed E-state index contributed by atoms with van der Waals surface area (Å²) in [5.41, 5.74) is 3.11. The van der Waals surface area contributed by atoms with Crippen LogP contribution in [0.15, 0.2) is 23.8 Å². The number of hydrogen-bond acceptors (Lipinski definition) is 1. The van der Waals surface area contributed by atoms with Gasteiger partial charge in [0.05, 0.1) is 6.42 Å². The predicted octanol–water partition coefficient (Wildman–Crippen LogP) is 5.60. The molecule has 0 aromatic rings. The maximum Gasteiger partial charge on any atom is 0.307 e. The fourth-order valence-corrected chi connectivity index (χ4v) is 5.34. The van der Waals surface area contributed by atoms with Crippen LogP contribution in [0.25, 0.3) is 0 Å². The Labute approximate surface area is 135 Å². The van der Waals surface area contributed by atoms with Gasteiger partial charge in [-0.15, -0.1) is 0 Å². The molecule has 2 heteroatoms. The Morgan fingerprint density at radius 3 is 2.68 bits per heavy atom.